The van der Waals surface area contributed by atoms with Crippen molar-refractivity contribution in [2.24, 2.45) is 11.8 Å². The summed E-state index contributed by atoms with van der Waals surface area (Å²) in [6, 6.07) is 18.8. The lowest BCUT2D eigenvalue weighted by atomic mass is 9.72. The third-order valence-electron chi connectivity index (χ3n) is 12.4. The maximum atomic E-state index is 15.0. The number of piperidine rings is 1. The number of aliphatic hydroxyl groups is 1. The predicted octanol–water partition coefficient (Wildman–Crippen LogP) is 6.62. The molecule has 4 aliphatic heterocycles. The Bertz CT molecular complexity index is 1830. The minimum atomic E-state index is -0.627. The molecule has 1 saturated heterocycles. The van der Waals surface area contributed by atoms with E-state index in [-0.39, 0.29) is 43.7 Å². The maximum Gasteiger partial charge on any atom is 0.289 e. The van der Waals surface area contributed by atoms with E-state index in [0.29, 0.717) is 55.1 Å². The second kappa shape index (κ2) is 18.3. The van der Waals surface area contributed by atoms with Crippen LogP contribution in [-0.4, -0.2) is 102 Å². The first kappa shape index (κ1) is 39.9. The van der Waals surface area contributed by atoms with Crippen LogP contribution >= 0.6 is 0 Å². The minimum Gasteiger partial charge on any atom is -0.493 e. The van der Waals surface area contributed by atoms with Crippen LogP contribution in [0.3, 0.4) is 0 Å². The molecule has 3 aromatic carbocycles. The molecule has 0 aromatic heterocycles. The number of nitrogens with zero attached hydrogens (tertiary/aromatic N) is 2. The molecule has 4 aliphatic rings. The number of amides is 1. The van der Waals surface area contributed by atoms with Crippen molar-refractivity contribution in [1.82, 2.24) is 9.80 Å². The smallest absolute Gasteiger partial charge is 0.289 e. The van der Waals surface area contributed by atoms with Gasteiger partial charge in [-0.3, -0.25) is 9.69 Å². The van der Waals surface area contributed by atoms with E-state index in [1.807, 2.05) is 29.2 Å². The highest BCUT2D eigenvalue weighted by Gasteiger charge is 2.43. The van der Waals surface area contributed by atoms with Crippen molar-refractivity contribution in [3.05, 3.63) is 94.2 Å². The molecule has 6 atom stereocenters. The van der Waals surface area contributed by atoms with Crippen LogP contribution in [0.5, 0.6) is 23.0 Å². The summed E-state index contributed by atoms with van der Waals surface area (Å²) in [4.78, 5) is 19.7. The lowest BCUT2D eigenvalue weighted by Gasteiger charge is -2.49. The Morgan fingerprint density at radius 2 is 1.46 bits per heavy atom. The van der Waals surface area contributed by atoms with Gasteiger partial charge in [-0.25, -0.2) is 0 Å². The van der Waals surface area contributed by atoms with Crippen LogP contribution in [0.15, 0.2) is 66.4 Å². The molecule has 302 valence electrons. The van der Waals surface area contributed by atoms with E-state index in [0.717, 1.165) is 61.4 Å². The molecule has 56 heavy (non-hydrogen) atoms. The maximum absolute atomic E-state index is 15.0. The molecule has 11 heteroatoms. The van der Waals surface area contributed by atoms with Crippen LogP contribution in [-0.2, 0) is 31.8 Å². The molecule has 1 fully saturated rings. The first-order chi connectivity index (χ1) is 27.4. The summed E-state index contributed by atoms with van der Waals surface area (Å²) in [7, 11) is 6.73. The Morgan fingerprint density at radius 3 is 2.14 bits per heavy atom. The first-order valence-electron chi connectivity index (χ1n) is 20.2. The normalized spacial score (nSPS) is 24.5. The van der Waals surface area contributed by atoms with Crippen LogP contribution in [0.1, 0.15) is 78.4 Å². The van der Waals surface area contributed by atoms with E-state index in [1.54, 1.807) is 28.4 Å². The zero-order valence-electron chi connectivity index (χ0n) is 33.5. The lowest BCUT2D eigenvalue weighted by molar-refractivity contribution is -0.158. The second-order valence-electron chi connectivity index (χ2n) is 15.3. The first-order valence-corrected chi connectivity index (χ1v) is 20.2. The van der Waals surface area contributed by atoms with E-state index in [2.05, 4.69) is 48.2 Å². The molecule has 6 unspecified atom stereocenters. The van der Waals surface area contributed by atoms with Crippen molar-refractivity contribution in [2.45, 2.75) is 69.7 Å². The summed E-state index contributed by atoms with van der Waals surface area (Å²) < 4.78 is 41.1. The average molecular weight is 771 g/mol. The molecular formula is C45H58N2O9. The number of allylic oxidation sites excluding steroid dienone is 1. The van der Waals surface area contributed by atoms with Crippen molar-refractivity contribution in [2.75, 3.05) is 74.5 Å². The van der Waals surface area contributed by atoms with Crippen LogP contribution in [0.4, 0.5) is 0 Å². The van der Waals surface area contributed by atoms with Gasteiger partial charge in [-0.15, -0.1) is 0 Å². The minimum absolute atomic E-state index is 0.0494. The summed E-state index contributed by atoms with van der Waals surface area (Å²) in [6.45, 7) is 5.66. The second-order valence-corrected chi connectivity index (χ2v) is 15.3. The topological polar surface area (TPSA) is 108 Å². The van der Waals surface area contributed by atoms with E-state index in [9.17, 15) is 0 Å². The molecule has 3 aromatic rings. The van der Waals surface area contributed by atoms with Gasteiger partial charge in [-0.1, -0.05) is 43.7 Å². The molecule has 11 nitrogen and oxygen atoms in total. The quantitative estimate of drug-likeness (QED) is 0.170. The van der Waals surface area contributed by atoms with Gasteiger partial charge in [0.2, 0.25) is 6.29 Å². The molecule has 1 amide bonds. The van der Waals surface area contributed by atoms with Gasteiger partial charge in [0, 0.05) is 38.0 Å². The van der Waals surface area contributed by atoms with Crippen LogP contribution in [0.25, 0.3) is 0 Å². The zero-order valence-corrected chi connectivity index (χ0v) is 33.5. The van der Waals surface area contributed by atoms with Gasteiger partial charge < -0.3 is 43.2 Å². The molecule has 0 bridgehead atoms. The van der Waals surface area contributed by atoms with E-state index in [4.69, 9.17) is 38.3 Å². The summed E-state index contributed by atoms with van der Waals surface area (Å²) >= 11 is 0. The third-order valence-corrected chi connectivity index (χ3v) is 12.4. The molecule has 0 saturated carbocycles. The van der Waals surface area contributed by atoms with Gasteiger partial charge >= 0.3 is 0 Å². The molecule has 1 N–H and O–H groups in total. The average Bonchev–Trinajstić information content (AvgIpc) is 3.24. The van der Waals surface area contributed by atoms with Crippen molar-refractivity contribution in [3.8, 4) is 23.0 Å². The van der Waals surface area contributed by atoms with E-state index < -0.39 is 6.29 Å². The predicted molar refractivity (Wildman–Crippen MR) is 212 cm³/mol. The fraction of sp³-hybridized carbons (Fsp3) is 0.533. The Balaban J connectivity index is 1.22. The standard InChI is InChI=1S/C45H58N2O9/c1-6-29-28-46-14-12-31-22-39(50-2)41(52-4)26-35(31)37(46)20-33(29)21-38-36-27-42(53-5)40(51-3)23-32(36)13-15-47(38)45(49)43-24-34(30-10-8-7-9-11-30)25-44(56-43)55-19-18-54-17-16-48/h7-11,22-24,26-27,29,33-34,37-38,44,48H,6,12-21,25,28H2,1-5H3. The monoisotopic (exact) mass is 770 g/mol. The number of rotatable bonds is 15. The molecule has 0 aliphatic carbocycles. The number of aliphatic hydroxyl groups excluding tert-OH is 1. The Labute approximate surface area is 331 Å². The summed E-state index contributed by atoms with van der Waals surface area (Å²) in [5.74, 6) is 3.80. The van der Waals surface area contributed by atoms with Crippen molar-refractivity contribution >= 4 is 5.91 Å². The molecule has 0 spiro atoms. The van der Waals surface area contributed by atoms with Gasteiger partial charge in [-0.2, -0.15) is 0 Å². The van der Waals surface area contributed by atoms with Crippen molar-refractivity contribution in [3.63, 3.8) is 0 Å². The highest BCUT2D eigenvalue weighted by Crippen LogP contribution is 2.49. The number of fused-ring (bicyclic) bond motifs is 4. The Morgan fingerprint density at radius 1 is 0.804 bits per heavy atom. The summed E-state index contributed by atoms with van der Waals surface area (Å²) in [5, 5.41) is 9.13. The zero-order chi connectivity index (χ0) is 39.2. The largest absolute Gasteiger partial charge is 0.493 e. The van der Waals surface area contributed by atoms with Crippen LogP contribution in [0, 0.1) is 11.8 Å². The number of ether oxygens (including phenoxy) is 7. The number of carbonyl (C=O) groups excluding carboxylic acids is 1. The highest BCUT2D eigenvalue weighted by atomic mass is 16.7. The summed E-state index contributed by atoms with van der Waals surface area (Å²) in [6.07, 6.45) is 6.42. The molecule has 0 radical (unpaired) electrons. The Kier molecular flexibility index (Phi) is 13.1. The van der Waals surface area contributed by atoms with Crippen molar-refractivity contribution < 1.29 is 43.1 Å². The fourth-order valence-corrected chi connectivity index (χ4v) is 9.46. The van der Waals surface area contributed by atoms with Gasteiger partial charge in [-0.05, 0) is 95.7 Å². The molecule has 7 rings (SSSR count). The van der Waals surface area contributed by atoms with Crippen molar-refractivity contribution in [1.29, 1.82) is 0 Å². The number of hydrogen-bond donors (Lipinski definition) is 1. The summed E-state index contributed by atoms with van der Waals surface area (Å²) in [5.41, 5.74) is 6.01. The fourth-order valence-electron chi connectivity index (χ4n) is 9.46. The third kappa shape index (κ3) is 8.37. The number of benzene rings is 3. The van der Waals surface area contributed by atoms with Gasteiger partial charge in [0.25, 0.3) is 5.91 Å². The van der Waals surface area contributed by atoms with Crippen LogP contribution < -0.4 is 18.9 Å². The SMILES string of the molecule is CCC1CN2CCc3cc(OC)c(OC)cc3C2CC1CC1c2cc(OC)c(OC)cc2CCN1C(=O)C1=CC(c2ccccc2)CC(OCCOCCO)O1. The Hall–Kier alpha value is -4.29. The number of hydrogen-bond acceptors (Lipinski definition) is 10. The molecule has 4 heterocycles. The molecular weight excluding hydrogens is 713 g/mol. The van der Waals surface area contributed by atoms with E-state index in [1.165, 1.54) is 16.7 Å². The number of carbonyl (C=O) groups is 1. The van der Waals surface area contributed by atoms with Gasteiger partial charge in [0.15, 0.2) is 28.8 Å². The van der Waals surface area contributed by atoms with E-state index >= 15 is 4.79 Å². The lowest BCUT2D eigenvalue weighted by Crippen LogP contribution is -2.48. The van der Waals surface area contributed by atoms with Crippen LogP contribution in [0.2, 0.25) is 0 Å². The number of methoxy groups -OCH3 is 4. The van der Waals surface area contributed by atoms with Gasteiger partial charge in [0.05, 0.1) is 60.9 Å². The highest BCUT2D eigenvalue weighted by molar-refractivity contribution is 5.92. The van der Waals surface area contributed by atoms with Gasteiger partial charge in [0.1, 0.15) is 0 Å².